The zero-order chi connectivity index (χ0) is 31.4. The van der Waals surface area contributed by atoms with Crippen molar-refractivity contribution in [3.8, 4) is 0 Å². The lowest BCUT2D eigenvalue weighted by Crippen LogP contribution is -2.33. The summed E-state index contributed by atoms with van der Waals surface area (Å²) < 4.78 is 0. The molecule has 0 atom stereocenters. The third kappa shape index (κ3) is 3.65. The molecule has 228 valence electrons. The van der Waals surface area contributed by atoms with Crippen molar-refractivity contribution >= 4 is 73.4 Å². The standard InChI is InChI=1S/C35H29N7O4/c1-17(43)27-14-21-18-8-11-40(30(18)5-2-24(21)37-27)33(44)28-15-22-19-9-12-41(31(19)6-3-25(22)38-28)34(45)29-16-23-20-10-13-42(35(36)46)32(20)7-4-26(23)39-29/h2-7,14-16,37-39H,8-13H2,1H3,(H2,36,46). The molecular weight excluding hydrogens is 582 g/mol. The molecule has 0 radical (unpaired) electrons. The number of carbonyl (C=O) groups excluding carboxylic acids is 4. The number of nitrogens with two attached hydrogens (primary N) is 1. The third-order valence-electron chi connectivity index (χ3n) is 9.90. The van der Waals surface area contributed by atoms with Crippen molar-refractivity contribution in [2.45, 2.75) is 26.2 Å². The Labute approximate surface area is 261 Å². The van der Waals surface area contributed by atoms with E-state index in [0.717, 1.165) is 66.5 Å². The molecule has 0 saturated heterocycles. The largest absolute Gasteiger partial charge is 0.352 e. The molecule has 0 unspecified atom stereocenters. The van der Waals surface area contributed by atoms with Crippen LogP contribution in [-0.4, -0.2) is 58.2 Å². The van der Waals surface area contributed by atoms with Crippen molar-refractivity contribution in [1.82, 2.24) is 15.0 Å². The number of aromatic amines is 3. The minimum atomic E-state index is -0.479. The molecule has 3 aromatic carbocycles. The van der Waals surface area contributed by atoms with Crippen molar-refractivity contribution in [3.05, 3.63) is 88.4 Å². The lowest BCUT2D eigenvalue weighted by Gasteiger charge is -2.16. The number of amides is 4. The molecule has 46 heavy (non-hydrogen) atoms. The van der Waals surface area contributed by atoms with Gasteiger partial charge in [-0.3, -0.25) is 19.3 Å². The van der Waals surface area contributed by atoms with Gasteiger partial charge in [-0.2, -0.15) is 0 Å². The van der Waals surface area contributed by atoms with Crippen LogP contribution in [-0.2, 0) is 19.3 Å². The number of anilines is 3. The first-order valence-corrected chi connectivity index (χ1v) is 15.4. The second-order valence-electron chi connectivity index (χ2n) is 12.3. The Morgan fingerprint density at radius 2 is 0.935 bits per heavy atom. The van der Waals surface area contributed by atoms with E-state index in [2.05, 4.69) is 15.0 Å². The summed E-state index contributed by atoms with van der Waals surface area (Å²) in [6, 6.07) is 16.7. The van der Waals surface area contributed by atoms with E-state index >= 15 is 0 Å². The molecule has 0 bridgehead atoms. The fourth-order valence-electron chi connectivity index (χ4n) is 7.70. The third-order valence-corrected chi connectivity index (χ3v) is 9.90. The molecule has 9 rings (SSSR count). The number of fused-ring (bicyclic) bond motifs is 9. The van der Waals surface area contributed by atoms with Crippen LogP contribution < -0.4 is 20.4 Å². The molecule has 6 heterocycles. The zero-order valence-electron chi connectivity index (χ0n) is 25.0. The van der Waals surface area contributed by atoms with Gasteiger partial charge in [0.15, 0.2) is 5.78 Å². The summed E-state index contributed by atoms with van der Waals surface area (Å²) in [6.07, 6.45) is 2.06. The lowest BCUT2D eigenvalue weighted by molar-refractivity contribution is 0.0978. The quantitative estimate of drug-likeness (QED) is 0.204. The maximum absolute atomic E-state index is 13.8. The Kier molecular flexibility index (Phi) is 5.39. The highest BCUT2D eigenvalue weighted by atomic mass is 16.2. The van der Waals surface area contributed by atoms with Crippen molar-refractivity contribution < 1.29 is 19.2 Å². The molecule has 11 heteroatoms. The van der Waals surface area contributed by atoms with Gasteiger partial charge in [0.25, 0.3) is 11.8 Å². The first-order chi connectivity index (χ1) is 22.3. The number of hydrogen-bond donors (Lipinski definition) is 4. The highest BCUT2D eigenvalue weighted by molar-refractivity contribution is 6.13. The monoisotopic (exact) mass is 611 g/mol. The SMILES string of the molecule is CC(=O)c1cc2c3c(ccc2[nH]1)N(C(=O)c1cc2c4c(ccc2[nH]1)N(C(=O)c1cc2c5c(ccc2[nH]1)N(C(N)=O)CC5)CC4)CC3. The summed E-state index contributed by atoms with van der Waals surface area (Å²) in [7, 11) is 0. The topological polar surface area (TPSA) is 151 Å². The molecule has 4 amide bonds. The predicted octanol–water partition coefficient (Wildman–Crippen LogP) is 5.18. The molecule has 0 aliphatic carbocycles. The van der Waals surface area contributed by atoms with Crippen LogP contribution in [0.15, 0.2) is 54.6 Å². The van der Waals surface area contributed by atoms with Crippen LogP contribution in [0.2, 0.25) is 0 Å². The summed E-state index contributed by atoms with van der Waals surface area (Å²) >= 11 is 0. The molecule has 0 fully saturated rings. The van der Waals surface area contributed by atoms with Gasteiger partial charge in [-0.1, -0.05) is 0 Å². The highest BCUT2D eigenvalue weighted by Gasteiger charge is 2.32. The smallest absolute Gasteiger partial charge is 0.319 e. The highest BCUT2D eigenvalue weighted by Crippen LogP contribution is 2.39. The Balaban J connectivity index is 1.02. The predicted molar refractivity (Wildman–Crippen MR) is 176 cm³/mol. The Hall–Kier alpha value is -5.84. The number of nitrogens with zero attached hydrogens (tertiary/aromatic N) is 3. The van der Waals surface area contributed by atoms with Crippen molar-refractivity contribution in [2.75, 3.05) is 34.3 Å². The summed E-state index contributed by atoms with van der Waals surface area (Å²) in [6.45, 7) is 3.14. The first-order valence-electron chi connectivity index (χ1n) is 15.4. The Bertz CT molecular complexity index is 2360. The molecule has 0 spiro atoms. The zero-order valence-corrected chi connectivity index (χ0v) is 25.0. The number of primary amides is 1. The van der Waals surface area contributed by atoms with E-state index in [4.69, 9.17) is 5.73 Å². The van der Waals surface area contributed by atoms with E-state index in [-0.39, 0.29) is 17.6 Å². The lowest BCUT2D eigenvalue weighted by atomic mass is 10.1. The molecule has 11 nitrogen and oxygen atoms in total. The molecular formula is C35H29N7O4. The second-order valence-corrected chi connectivity index (χ2v) is 12.3. The number of Topliss-reactive ketones (excluding diaryl/α,β-unsaturated/α-hetero) is 1. The number of urea groups is 1. The summed E-state index contributed by atoms with van der Waals surface area (Å²) in [5, 5.41) is 2.83. The second kappa shape index (κ2) is 9.33. The van der Waals surface area contributed by atoms with E-state index in [1.165, 1.54) is 6.92 Å². The normalized spacial score (nSPS) is 15.3. The average Bonchev–Trinajstić information content (AvgIpc) is 3.88. The van der Waals surface area contributed by atoms with Crippen LogP contribution in [0, 0.1) is 0 Å². The van der Waals surface area contributed by atoms with E-state index in [1.807, 2.05) is 54.6 Å². The number of H-pyrrole nitrogens is 3. The van der Waals surface area contributed by atoms with Crippen molar-refractivity contribution in [1.29, 1.82) is 0 Å². The fourth-order valence-corrected chi connectivity index (χ4v) is 7.70. The van der Waals surface area contributed by atoms with Crippen molar-refractivity contribution in [3.63, 3.8) is 0 Å². The van der Waals surface area contributed by atoms with E-state index in [1.54, 1.807) is 14.7 Å². The van der Waals surface area contributed by atoms with Gasteiger partial charge in [0.05, 0.1) is 5.69 Å². The van der Waals surface area contributed by atoms with Gasteiger partial charge in [0, 0.05) is 76.3 Å². The number of benzene rings is 3. The van der Waals surface area contributed by atoms with Gasteiger partial charge in [-0.25, -0.2) is 4.79 Å². The number of aromatic nitrogens is 3. The van der Waals surface area contributed by atoms with Crippen LogP contribution in [0.1, 0.15) is 55.1 Å². The number of rotatable bonds is 3. The van der Waals surface area contributed by atoms with Gasteiger partial charge in [0.1, 0.15) is 11.4 Å². The Morgan fingerprint density at radius 3 is 1.35 bits per heavy atom. The molecule has 3 aromatic heterocycles. The summed E-state index contributed by atoms with van der Waals surface area (Å²) in [4.78, 5) is 66.4. The Morgan fingerprint density at radius 1 is 0.565 bits per heavy atom. The molecule has 5 N–H and O–H groups in total. The van der Waals surface area contributed by atoms with Crippen LogP contribution in [0.25, 0.3) is 32.7 Å². The van der Waals surface area contributed by atoms with E-state index in [9.17, 15) is 19.2 Å². The number of ketones is 1. The van der Waals surface area contributed by atoms with Crippen LogP contribution in [0.4, 0.5) is 21.9 Å². The van der Waals surface area contributed by atoms with E-state index in [0.29, 0.717) is 56.0 Å². The number of hydrogen-bond acceptors (Lipinski definition) is 4. The maximum atomic E-state index is 13.8. The molecule has 0 saturated carbocycles. The first kappa shape index (κ1) is 26.6. The van der Waals surface area contributed by atoms with Crippen LogP contribution >= 0.6 is 0 Å². The maximum Gasteiger partial charge on any atom is 0.319 e. The number of carbonyl (C=O) groups is 4. The van der Waals surface area contributed by atoms with Crippen LogP contribution in [0.5, 0.6) is 0 Å². The van der Waals surface area contributed by atoms with Crippen LogP contribution in [0.3, 0.4) is 0 Å². The molecule has 6 aromatic rings. The molecule has 3 aliphatic rings. The minimum Gasteiger partial charge on any atom is -0.352 e. The average molecular weight is 612 g/mol. The van der Waals surface area contributed by atoms with E-state index < -0.39 is 6.03 Å². The van der Waals surface area contributed by atoms with Gasteiger partial charge in [-0.05, 0) is 90.6 Å². The van der Waals surface area contributed by atoms with Crippen molar-refractivity contribution in [2.24, 2.45) is 5.73 Å². The fraction of sp³-hybridized carbons (Fsp3) is 0.200. The van der Waals surface area contributed by atoms with Gasteiger partial charge < -0.3 is 30.5 Å². The number of nitrogens with one attached hydrogen (secondary N) is 3. The summed E-state index contributed by atoms with van der Waals surface area (Å²) in [5.41, 5.74) is 15.3. The summed E-state index contributed by atoms with van der Waals surface area (Å²) in [5.74, 6) is -0.265. The molecule has 3 aliphatic heterocycles. The minimum absolute atomic E-state index is 0.0237. The van der Waals surface area contributed by atoms with Gasteiger partial charge in [-0.15, -0.1) is 0 Å². The van der Waals surface area contributed by atoms with Gasteiger partial charge >= 0.3 is 6.03 Å². The van der Waals surface area contributed by atoms with Gasteiger partial charge in [0.2, 0.25) is 0 Å².